The molecule has 3 aromatic rings. The fourth-order valence-corrected chi connectivity index (χ4v) is 3.23. The van der Waals surface area contributed by atoms with E-state index < -0.39 is 0 Å². The summed E-state index contributed by atoms with van der Waals surface area (Å²) in [6, 6.07) is 2.31. The second-order valence-electron chi connectivity index (χ2n) is 6.71. The molecular formula is C18H22N6O2. The molecule has 0 saturated carbocycles. The number of piperidine rings is 1. The Morgan fingerprint density at radius 1 is 1.42 bits per heavy atom. The van der Waals surface area contributed by atoms with E-state index in [4.69, 9.17) is 4.42 Å². The number of pyridine rings is 1. The van der Waals surface area contributed by atoms with Gasteiger partial charge in [-0.15, -0.1) is 0 Å². The molecule has 4 heterocycles. The van der Waals surface area contributed by atoms with Gasteiger partial charge in [0.15, 0.2) is 5.69 Å². The van der Waals surface area contributed by atoms with Gasteiger partial charge in [-0.3, -0.25) is 4.79 Å². The van der Waals surface area contributed by atoms with Crippen LogP contribution >= 0.6 is 0 Å². The van der Waals surface area contributed by atoms with Gasteiger partial charge in [-0.25, -0.2) is 9.97 Å². The Labute approximate surface area is 151 Å². The first kappa shape index (κ1) is 16.6. The third kappa shape index (κ3) is 3.03. The van der Waals surface area contributed by atoms with Crippen molar-refractivity contribution in [1.82, 2.24) is 25.2 Å². The lowest BCUT2D eigenvalue weighted by Gasteiger charge is -2.26. The van der Waals surface area contributed by atoms with E-state index in [0.29, 0.717) is 11.9 Å². The molecule has 1 fully saturated rings. The maximum atomic E-state index is 12.1. The van der Waals surface area contributed by atoms with Crippen LogP contribution in [0.1, 0.15) is 23.3 Å². The largest absolute Gasteiger partial charge is 0.443 e. The summed E-state index contributed by atoms with van der Waals surface area (Å²) in [5.41, 5.74) is 2.76. The quantitative estimate of drug-likeness (QED) is 0.663. The normalized spacial score (nSPS) is 17.4. The second-order valence-corrected chi connectivity index (χ2v) is 6.71. The van der Waals surface area contributed by atoms with E-state index in [1.165, 1.54) is 11.2 Å². The summed E-state index contributed by atoms with van der Waals surface area (Å²) in [6.07, 6.45) is 7.21. The molecule has 1 aliphatic heterocycles. The van der Waals surface area contributed by atoms with E-state index >= 15 is 0 Å². The van der Waals surface area contributed by atoms with E-state index in [1.807, 2.05) is 12.3 Å². The van der Waals surface area contributed by atoms with Crippen molar-refractivity contribution in [3.8, 4) is 11.5 Å². The van der Waals surface area contributed by atoms with Crippen molar-refractivity contribution in [2.24, 2.45) is 0 Å². The summed E-state index contributed by atoms with van der Waals surface area (Å²) < 4.78 is 5.61. The van der Waals surface area contributed by atoms with E-state index in [-0.39, 0.29) is 11.6 Å². The molecule has 1 amide bonds. The number of hydrogen-bond donors (Lipinski definition) is 3. The molecule has 1 aliphatic rings. The summed E-state index contributed by atoms with van der Waals surface area (Å²) >= 11 is 0. The zero-order chi connectivity index (χ0) is 18.1. The molecule has 26 heavy (non-hydrogen) atoms. The number of nitrogens with zero attached hydrogens (tertiary/aromatic N) is 3. The summed E-state index contributed by atoms with van der Waals surface area (Å²) in [4.78, 5) is 25.6. The third-order valence-corrected chi connectivity index (χ3v) is 4.59. The molecule has 0 bridgehead atoms. The molecule has 8 heteroatoms. The average molecular weight is 354 g/mol. The second kappa shape index (κ2) is 6.80. The van der Waals surface area contributed by atoms with Gasteiger partial charge in [0.2, 0.25) is 5.89 Å². The summed E-state index contributed by atoms with van der Waals surface area (Å²) in [5.74, 6) is 0.193. The van der Waals surface area contributed by atoms with Crippen LogP contribution in [0.25, 0.3) is 22.5 Å². The van der Waals surface area contributed by atoms with E-state index in [2.05, 4.69) is 25.6 Å². The fourth-order valence-electron chi connectivity index (χ4n) is 3.23. The van der Waals surface area contributed by atoms with Crippen molar-refractivity contribution in [3.05, 3.63) is 30.4 Å². The smallest absolute Gasteiger partial charge is 0.275 e. The molecule has 1 atom stereocenters. The molecule has 0 radical (unpaired) electrons. The minimum absolute atomic E-state index is 0.193. The van der Waals surface area contributed by atoms with Gasteiger partial charge in [-0.1, -0.05) is 0 Å². The van der Waals surface area contributed by atoms with Crippen LogP contribution in [0.2, 0.25) is 0 Å². The number of amides is 1. The molecule has 0 unspecified atom stereocenters. The topological polar surface area (TPSA) is 99.1 Å². The fraction of sp³-hybridized carbons (Fsp3) is 0.389. The number of carbonyl (C=O) groups excluding carboxylic acids is 1. The maximum Gasteiger partial charge on any atom is 0.275 e. The zero-order valence-electron chi connectivity index (χ0n) is 14.9. The Kier molecular flexibility index (Phi) is 4.34. The monoisotopic (exact) mass is 354 g/mol. The maximum absolute atomic E-state index is 12.1. The zero-order valence-corrected chi connectivity index (χ0v) is 14.9. The first-order valence-corrected chi connectivity index (χ1v) is 8.74. The van der Waals surface area contributed by atoms with Gasteiger partial charge in [-0.2, -0.15) is 0 Å². The van der Waals surface area contributed by atoms with Crippen LogP contribution in [0, 0.1) is 0 Å². The van der Waals surface area contributed by atoms with Crippen LogP contribution in [-0.4, -0.2) is 59.0 Å². The minimum atomic E-state index is -0.193. The standard InChI is InChI=1S/C18H22N6O2/c1-24(2)18(25)14-10-26-17(23-14)13-9-21-16-12(5-7-20-16)15(13)22-11-4-3-6-19-8-11/h5,7,9-11,19H,3-4,6,8H2,1-2H3,(H2,20,21,22)/t11-/m1/s1. The Hall–Kier alpha value is -2.87. The molecule has 8 nitrogen and oxygen atoms in total. The Balaban J connectivity index is 1.74. The van der Waals surface area contributed by atoms with Crippen molar-refractivity contribution in [1.29, 1.82) is 0 Å². The van der Waals surface area contributed by atoms with E-state index in [9.17, 15) is 4.79 Å². The van der Waals surface area contributed by atoms with Crippen molar-refractivity contribution in [2.45, 2.75) is 18.9 Å². The minimum Gasteiger partial charge on any atom is -0.443 e. The lowest BCUT2D eigenvalue weighted by atomic mass is 10.1. The highest BCUT2D eigenvalue weighted by Gasteiger charge is 2.22. The van der Waals surface area contributed by atoms with Gasteiger partial charge in [-0.05, 0) is 25.5 Å². The van der Waals surface area contributed by atoms with Gasteiger partial charge in [0, 0.05) is 44.5 Å². The van der Waals surface area contributed by atoms with Gasteiger partial charge in [0.05, 0.1) is 11.3 Å². The number of carbonyl (C=O) groups is 1. The Bertz CT molecular complexity index is 923. The van der Waals surface area contributed by atoms with Gasteiger partial charge >= 0.3 is 0 Å². The number of rotatable bonds is 4. The number of anilines is 1. The molecule has 136 valence electrons. The predicted molar refractivity (Wildman–Crippen MR) is 99.1 cm³/mol. The first-order valence-electron chi connectivity index (χ1n) is 8.74. The summed E-state index contributed by atoms with van der Waals surface area (Å²) in [5, 5.41) is 8.01. The van der Waals surface area contributed by atoms with E-state index in [0.717, 1.165) is 48.2 Å². The lowest BCUT2D eigenvalue weighted by Crippen LogP contribution is -2.38. The molecule has 1 saturated heterocycles. The van der Waals surface area contributed by atoms with E-state index in [1.54, 1.807) is 20.3 Å². The lowest BCUT2D eigenvalue weighted by molar-refractivity contribution is 0.0822. The number of nitrogens with one attached hydrogen (secondary N) is 3. The van der Waals surface area contributed by atoms with Crippen molar-refractivity contribution in [3.63, 3.8) is 0 Å². The highest BCUT2D eigenvalue weighted by atomic mass is 16.3. The third-order valence-electron chi connectivity index (χ3n) is 4.59. The average Bonchev–Trinajstić information content (AvgIpc) is 3.31. The number of aromatic nitrogens is 3. The van der Waals surface area contributed by atoms with Crippen LogP contribution in [0.5, 0.6) is 0 Å². The number of oxazole rings is 1. The molecule has 0 aliphatic carbocycles. The first-order chi connectivity index (χ1) is 12.6. The highest BCUT2D eigenvalue weighted by molar-refractivity contribution is 5.98. The van der Waals surface area contributed by atoms with Crippen LogP contribution in [0.3, 0.4) is 0 Å². The molecule has 4 rings (SSSR count). The van der Waals surface area contributed by atoms with Crippen LogP contribution < -0.4 is 10.6 Å². The highest BCUT2D eigenvalue weighted by Crippen LogP contribution is 2.34. The van der Waals surface area contributed by atoms with Crippen LogP contribution in [0.15, 0.2) is 29.1 Å². The number of fused-ring (bicyclic) bond motifs is 1. The van der Waals surface area contributed by atoms with Crippen molar-refractivity contribution in [2.75, 3.05) is 32.5 Å². The molecular weight excluding hydrogens is 332 g/mol. The molecule has 3 aromatic heterocycles. The summed E-state index contributed by atoms with van der Waals surface area (Å²) in [6.45, 7) is 1.96. The summed E-state index contributed by atoms with van der Waals surface area (Å²) in [7, 11) is 3.38. The van der Waals surface area contributed by atoms with Crippen molar-refractivity contribution < 1.29 is 9.21 Å². The Morgan fingerprint density at radius 3 is 3.08 bits per heavy atom. The number of aromatic amines is 1. The molecule has 0 aromatic carbocycles. The van der Waals surface area contributed by atoms with Crippen LogP contribution in [0.4, 0.5) is 5.69 Å². The van der Waals surface area contributed by atoms with Gasteiger partial charge in [0.25, 0.3) is 5.91 Å². The van der Waals surface area contributed by atoms with Gasteiger partial charge < -0.3 is 24.9 Å². The number of hydrogen-bond acceptors (Lipinski definition) is 6. The predicted octanol–water partition coefficient (Wildman–Crippen LogP) is 2.08. The van der Waals surface area contributed by atoms with Gasteiger partial charge in [0.1, 0.15) is 11.9 Å². The molecule has 0 spiro atoms. The van der Waals surface area contributed by atoms with Crippen LogP contribution in [-0.2, 0) is 0 Å². The number of H-pyrrole nitrogens is 1. The molecule has 3 N–H and O–H groups in total. The van der Waals surface area contributed by atoms with Crippen molar-refractivity contribution >= 4 is 22.6 Å². The SMILES string of the molecule is CN(C)C(=O)c1coc(-c2cnc3[nH]ccc3c2N[C@@H]2CCCNC2)n1. The Morgan fingerprint density at radius 2 is 2.31 bits per heavy atom.